The van der Waals surface area contributed by atoms with Crippen LogP contribution in [0, 0.1) is 0 Å². The van der Waals surface area contributed by atoms with Gasteiger partial charge in [0.25, 0.3) is 5.91 Å². The van der Waals surface area contributed by atoms with Gasteiger partial charge < -0.3 is 5.32 Å². The topological polar surface area (TPSA) is 29.1 Å². The number of halogens is 1. The van der Waals surface area contributed by atoms with Crippen LogP contribution in [0.2, 0.25) is 0 Å². The third-order valence-corrected chi connectivity index (χ3v) is 2.45. The van der Waals surface area contributed by atoms with Crippen molar-refractivity contribution in [2.75, 3.05) is 5.32 Å². The number of amides is 1. The third kappa shape index (κ3) is 2.69. The zero-order valence-corrected chi connectivity index (χ0v) is 9.19. The minimum atomic E-state index is -0.592. The Morgan fingerprint density at radius 2 is 1.65 bits per heavy atom. The van der Waals surface area contributed by atoms with E-state index in [9.17, 15) is 9.18 Å². The van der Waals surface area contributed by atoms with Crippen LogP contribution in [0.15, 0.2) is 54.6 Å². The number of rotatable bonds is 3. The van der Waals surface area contributed by atoms with Gasteiger partial charge in [0, 0.05) is 16.8 Å². The number of nitrogens with one attached hydrogen (secondary N) is 1. The van der Waals surface area contributed by atoms with Crippen molar-refractivity contribution in [3.63, 3.8) is 0 Å². The maximum Gasteiger partial charge on any atom is 0.255 e. The van der Waals surface area contributed by atoms with Gasteiger partial charge in [0.05, 0.1) is 0 Å². The highest BCUT2D eigenvalue weighted by Crippen LogP contribution is 2.17. The molecule has 17 heavy (non-hydrogen) atoms. The molecular weight excluding hydrogens is 217 g/mol. The van der Waals surface area contributed by atoms with Gasteiger partial charge >= 0.3 is 0 Å². The summed E-state index contributed by atoms with van der Waals surface area (Å²) in [5.74, 6) is -0.230. The number of hydrogen-bond acceptors (Lipinski definition) is 1. The molecule has 1 amide bonds. The van der Waals surface area contributed by atoms with Crippen LogP contribution in [0.25, 0.3) is 0 Å². The highest BCUT2D eigenvalue weighted by atomic mass is 19.1. The molecule has 1 N–H and O–H groups in total. The van der Waals surface area contributed by atoms with Crippen LogP contribution in [0.1, 0.15) is 15.9 Å². The molecule has 0 spiro atoms. The maximum absolute atomic E-state index is 12.7. The van der Waals surface area contributed by atoms with Crippen molar-refractivity contribution in [2.45, 2.75) is 6.67 Å². The van der Waals surface area contributed by atoms with Crippen molar-refractivity contribution in [3.8, 4) is 0 Å². The molecular formula is C14H12FNO. The van der Waals surface area contributed by atoms with E-state index in [1.807, 2.05) is 6.07 Å². The summed E-state index contributed by atoms with van der Waals surface area (Å²) in [5, 5.41) is 2.70. The average molecular weight is 229 g/mol. The minimum absolute atomic E-state index is 0.230. The molecule has 86 valence electrons. The van der Waals surface area contributed by atoms with Crippen molar-refractivity contribution in [2.24, 2.45) is 0 Å². The zero-order valence-electron chi connectivity index (χ0n) is 9.19. The van der Waals surface area contributed by atoms with E-state index in [0.29, 0.717) is 16.8 Å². The molecule has 0 unspecified atom stereocenters. The Kier molecular flexibility index (Phi) is 3.50. The smallest absolute Gasteiger partial charge is 0.255 e. The predicted molar refractivity (Wildman–Crippen MR) is 65.6 cm³/mol. The molecule has 0 saturated heterocycles. The average Bonchev–Trinajstić information content (AvgIpc) is 2.40. The number of alkyl halides is 1. The van der Waals surface area contributed by atoms with Gasteiger partial charge in [0.15, 0.2) is 0 Å². The third-order valence-electron chi connectivity index (χ3n) is 2.45. The number of para-hydroxylation sites is 1. The molecule has 2 aromatic rings. The van der Waals surface area contributed by atoms with E-state index in [1.165, 1.54) is 0 Å². The van der Waals surface area contributed by atoms with Gasteiger partial charge in [-0.1, -0.05) is 36.4 Å². The van der Waals surface area contributed by atoms with Gasteiger partial charge in [-0.2, -0.15) is 0 Å². The van der Waals surface area contributed by atoms with E-state index in [-0.39, 0.29) is 5.91 Å². The van der Waals surface area contributed by atoms with Crippen LogP contribution in [0.3, 0.4) is 0 Å². The number of carbonyl (C=O) groups excluding carboxylic acids is 1. The summed E-state index contributed by atoms with van der Waals surface area (Å²) < 4.78 is 12.7. The van der Waals surface area contributed by atoms with E-state index in [2.05, 4.69) is 5.32 Å². The summed E-state index contributed by atoms with van der Waals surface area (Å²) >= 11 is 0. The van der Waals surface area contributed by atoms with Crippen LogP contribution in [-0.2, 0) is 6.67 Å². The molecule has 2 aromatic carbocycles. The van der Waals surface area contributed by atoms with Gasteiger partial charge in [-0.15, -0.1) is 0 Å². The van der Waals surface area contributed by atoms with Crippen molar-refractivity contribution >= 4 is 11.6 Å². The molecule has 0 radical (unpaired) electrons. The molecule has 0 aromatic heterocycles. The van der Waals surface area contributed by atoms with Crippen LogP contribution >= 0.6 is 0 Å². The van der Waals surface area contributed by atoms with Crippen molar-refractivity contribution in [1.82, 2.24) is 0 Å². The fourth-order valence-electron chi connectivity index (χ4n) is 1.54. The molecule has 0 aliphatic heterocycles. The van der Waals surface area contributed by atoms with Crippen LogP contribution in [-0.4, -0.2) is 5.91 Å². The Balaban J connectivity index is 2.19. The van der Waals surface area contributed by atoms with Crippen LogP contribution in [0.5, 0.6) is 0 Å². The summed E-state index contributed by atoms with van der Waals surface area (Å²) in [4.78, 5) is 11.8. The van der Waals surface area contributed by atoms with Crippen molar-refractivity contribution < 1.29 is 9.18 Å². The van der Waals surface area contributed by atoms with E-state index < -0.39 is 6.67 Å². The first-order valence-electron chi connectivity index (χ1n) is 5.31. The van der Waals surface area contributed by atoms with Crippen molar-refractivity contribution in [3.05, 3.63) is 65.7 Å². The van der Waals surface area contributed by atoms with Gasteiger partial charge in [-0.05, 0) is 18.2 Å². The highest BCUT2D eigenvalue weighted by molar-refractivity contribution is 6.04. The molecule has 2 rings (SSSR count). The quantitative estimate of drug-likeness (QED) is 0.858. The summed E-state index contributed by atoms with van der Waals surface area (Å²) in [6, 6.07) is 15.7. The molecule has 0 bridgehead atoms. The highest BCUT2D eigenvalue weighted by Gasteiger charge is 2.07. The zero-order chi connectivity index (χ0) is 12.1. The van der Waals surface area contributed by atoms with E-state index in [1.54, 1.807) is 48.5 Å². The molecule has 3 heteroatoms. The molecule has 0 aliphatic carbocycles. The fourth-order valence-corrected chi connectivity index (χ4v) is 1.54. The SMILES string of the molecule is O=C(Nc1ccccc1CF)c1ccccc1. The second-order valence-corrected chi connectivity index (χ2v) is 3.61. The summed E-state index contributed by atoms with van der Waals surface area (Å²) in [6.45, 7) is -0.592. The Hall–Kier alpha value is -2.16. The first kappa shape index (κ1) is 11.3. The minimum Gasteiger partial charge on any atom is -0.322 e. The summed E-state index contributed by atoms with van der Waals surface area (Å²) in [7, 11) is 0. The Labute approximate surface area is 99.1 Å². The second-order valence-electron chi connectivity index (χ2n) is 3.61. The van der Waals surface area contributed by atoms with Gasteiger partial charge in [0.2, 0.25) is 0 Å². The lowest BCUT2D eigenvalue weighted by Crippen LogP contribution is -2.12. The van der Waals surface area contributed by atoms with Gasteiger partial charge in [0.1, 0.15) is 6.67 Å². The molecule has 0 aliphatic rings. The van der Waals surface area contributed by atoms with E-state index in [0.717, 1.165) is 0 Å². The van der Waals surface area contributed by atoms with Crippen LogP contribution in [0.4, 0.5) is 10.1 Å². The Morgan fingerprint density at radius 3 is 2.35 bits per heavy atom. The second kappa shape index (κ2) is 5.25. The summed E-state index contributed by atoms with van der Waals surface area (Å²) in [6.07, 6.45) is 0. The van der Waals surface area contributed by atoms with Gasteiger partial charge in [-0.3, -0.25) is 4.79 Å². The monoisotopic (exact) mass is 229 g/mol. The number of hydrogen-bond donors (Lipinski definition) is 1. The number of carbonyl (C=O) groups is 1. The van der Waals surface area contributed by atoms with Gasteiger partial charge in [-0.25, -0.2) is 4.39 Å². The first-order chi connectivity index (χ1) is 8.31. The first-order valence-corrected chi connectivity index (χ1v) is 5.31. The summed E-state index contributed by atoms with van der Waals surface area (Å²) in [5.41, 5.74) is 1.56. The fraction of sp³-hybridized carbons (Fsp3) is 0.0714. The Bertz CT molecular complexity index is 511. The number of benzene rings is 2. The Morgan fingerprint density at radius 1 is 1.00 bits per heavy atom. The van der Waals surface area contributed by atoms with E-state index >= 15 is 0 Å². The standard InChI is InChI=1S/C14H12FNO/c15-10-12-8-4-5-9-13(12)16-14(17)11-6-2-1-3-7-11/h1-9H,10H2,(H,16,17). The lowest BCUT2D eigenvalue weighted by molar-refractivity contribution is 0.102. The maximum atomic E-state index is 12.7. The lowest BCUT2D eigenvalue weighted by Gasteiger charge is -2.08. The molecule has 0 fully saturated rings. The normalized spacial score (nSPS) is 9.94. The molecule has 2 nitrogen and oxygen atoms in total. The van der Waals surface area contributed by atoms with Crippen LogP contribution < -0.4 is 5.32 Å². The largest absolute Gasteiger partial charge is 0.322 e. The van der Waals surface area contributed by atoms with Crippen molar-refractivity contribution in [1.29, 1.82) is 0 Å². The molecule has 0 heterocycles. The molecule has 0 atom stereocenters. The lowest BCUT2D eigenvalue weighted by atomic mass is 10.1. The number of anilines is 1. The van der Waals surface area contributed by atoms with E-state index in [4.69, 9.17) is 0 Å². The molecule has 0 saturated carbocycles. The predicted octanol–water partition coefficient (Wildman–Crippen LogP) is 3.41.